The van der Waals surface area contributed by atoms with Crippen LogP contribution in [0.3, 0.4) is 0 Å². The van der Waals surface area contributed by atoms with Crippen LogP contribution in [0.4, 0.5) is 13.2 Å². The lowest BCUT2D eigenvalue weighted by atomic mass is 10.1. The fourth-order valence-corrected chi connectivity index (χ4v) is 3.75. The number of amides is 1. The summed E-state index contributed by atoms with van der Waals surface area (Å²) in [5.74, 6) is -1.06. The number of alkyl halides is 3. The molecule has 1 atom stereocenters. The van der Waals surface area contributed by atoms with E-state index in [9.17, 15) is 31.6 Å². The maximum atomic E-state index is 13.1. The zero-order valence-electron chi connectivity index (χ0n) is 16.0. The average molecular weight is 438 g/mol. The summed E-state index contributed by atoms with van der Waals surface area (Å²) in [6, 6.07) is 10.2. The summed E-state index contributed by atoms with van der Waals surface area (Å²) in [7, 11) is -3.71. The van der Waals surface area contributed by atoms with Crippen LogP contribution in [0.25, 0.3) is 0 Å². The highest BCUT2D eigenvalue weighted by Crippen LogP contribution is 2.32. The van der Waals surface area contributed by atoms with Crippen molar-refractivity contribution in [3.05, 3.63) is 58.7 Å². The molecule has 0 saturated carbocycles. The van der Waals surface area contributed by atoms with Gasteiger partial charge in [-0.05, 0) is 42.3 Å². The molecule has 1 heterocycles. The Bertz CT molecular complexity index is 1150. The molecule has 0 saturated heterocycles. The van der Waals surface area contributed by atoms with E-state index >= 15 is 0 Å². The van der Waals surface area contributed by atoms with Gasteiger partial charge in [0.15, 0.2) is 15.9 Å². The molecule has 0 N–H and O–H groups in total. The fourth-order valence-electron chi connectivity index (χ4n) is 3.11. The van der Waals surface area contributed by atoms with Gasteiger partial charge in [-0.15, -0.1) is 0 Å². The number of rotatable bonds is 4. The Labute approximate surface area is 171 Å². The number of carbonyl (C=O) groups excluding carboxylic acids is 1. The van der Waals surface area contributed by atoms with E-state index < -0.39 is 28.0 Å². The number of sulfone groups is 1. The van der Waals surface area contributed by atoms with Crippen molar-refractivity contribution in [2.75, 3.05) is 6.26 Å². The van der Waals surface area contributed by atoms with Crippen molar-refractivity contribution in [1.29, 1.82) is 5.26 Å². The van der Waals surface area contributed by atoms with Gasteiger partial charge in [0.05, 0.1) is 22.1 Å². The fraction of sp³-hybridized carbons (Fsp3) is 0.300. The van der Waals surface area contributed by atoms with E-state index in [4.69, 9.17) is 4.74 Å². The third-order valence-corrected chi connectivity index (χ3v) is 5.88. The number of ether oxygens (including phenoxy) is 1. The van der Waals surface area contributed by atoms with Crippen LogP contribution < -0.4 is 4.74 Å². The molecule has 158 valence electrons. The van der Waals surface area contributed by atoms with Gasteiger partial charge >= 0.3 is 6.18 Å². The molecule has 30 heavy (non-hydrogen) atoms. The Morgan fingerprint density at radius 1 is 1.23 bits per heavy atom. The number of nitrogens with zero attached hydrogens (tertiary/aromatic N) is 2. The van der Waals surface area contributed by atoms with Crippen LogP contribution in [-0.2, 0) is 22.9 Å². The van der Waals surface area contributed by atoms with Crippen LogP contribution in [0, 0.1) is 11.3 Å². The van der Waals surface area contributed by atoms with Crippen LogP contribution in [0.15, 0.2) is 41.3 Å². The zero-order chi connectivity index (χ0) is 22.3. The Morgan fingerprint density at radius 3 is 2.53 bits per heavy atom. The highest BCUT2D eigenvalue weighted by molar-refractivity contribution is 7.90. The summed E-state index contributed by atoms with van der Waals surface area (Å²) in [5, 5.41) is 9.24. The third-order valence-electron chi connectivity index (χ3n) is 4.77. The molecule has 0 spiro atoms. The summed E-state index contributed by atoms with van der Waals surface area (Å²) in [5.41, 5.74) is 1.50. The van der Waals surface area contributed by atoms with E-state index in [0.717, 1.165) is 36.9 Å². The summed E-state index contributed by atoms with van der Waals surface area (Å²) in [4.78, 5) is 14.2. The second-order valence-electron chi connectivity index (χ2n) is 6.95. The first-order chi connectivity index (χ1) is 13.9. The largest absolute Gasteiger partial charge is 0.480 e. The summed E-state index contributed by atoms with van der Waals surface area (Å²) < 4.78 is 67.6. The van der Waals surface area contributed by atoms with Gasteiger partial charge < -0.3 is 9.64 Å². The van der Waals surface area contributed by atoms with Crippen LogP contribution in [0.1, 0.15) is 34.0 Å². The highest BCUT2D eigenvalue weighted by atomic mass is 32.2. The van der Waals surface area contributed by atoms with Crippen molar-refractivity contribution < 1.29 is 31.1 Å². The maximum Gasteiger partial charge on any atom is 0.425 e. The van der Waals surface area contributed by atoms with Crippen LogP contribution >= 0.6 is 0 Å². The van der Waals surface area contributed by atoms with Crippen molar-refractivity contribution in [2.24, 2.45) is 0 Å². The standard InChI is InChI=1S/C20H17F3N2O4S/c1-12(20(21,22)23)29-18-7-6-15(30(2,27)28)8-16(18)19(26)25-10-14-5-3-4-13(9-24)17(14)11-25/h3-8,12H,10-11H2,1-2H3/t12-/m0/s1. The Kier molecular flexibility index (Phi) is 5.52. The second-order valence-corrected chi connectivity index (χ2v) is 8.96. The van der Waals surface area contributed by atoms with Gasteiger partial charge in [-0.2, -0.15) is 18.4 Å². The lowest BCUT2D eigenvalue weighted by Crippen LogP contribution is -2.32. The van der Waals surface area contributed by atoms with E-state index in [2.05, 4.69) is 0 Å². The molecule has 1 aliphatic rings. The van der Waals surface area contributed by atoms with E-state index in [0.29, 0.717) is 11.1 Å². The topological polar surface area (TPSA) is 87.5 Å². The van der Waals surface area contributed by atoms with Gasteiger partial charge in [0.2, 0.25) is 0 Å². The predicted molar refractivity (Wildman–Crippen MR) is 100 cm³/mol. The molecule has 0 unspecified atom stereocenters. The van der Waals surface area contributed by atoms with Crippen molar-refractivity contribution in [1.82, 2.24) is 4.90 Å². The summed E-state index contributed by atoms with van der Waals surface area (Å²) >= 11 is 0. The minimum Gasteiger partial charge on any atom is -0.480 e. The molecule has 2 aromatic carbocycles. The van der Waals surface area contributed by atoms with E-state index in [1.807, 2.05) is 6.07 Å². The molecule has 10 heteroatoms. The highest BCUT2D eigenvalue weighted by Gasteiger charge is 2.39. The van der Waals surface area contributed by atoms with Gasteiger partial charge in [-0.1, -0.05) is 12.1 Å². The van der Waals surface area contributed by atoms with Gasteiger partial charge in [0.1, 0.15) is 5.75 Å². The normalized spacial score (nSPS) is 14.7. The number of benzene rings is 2. The van der Waals surface area contributed by atoms with E-state index in [1.54, 1.807) is 18.2 Å². The van der Waals surface area contributed by atoms with Gasteiger partial charge in [-0.3, -0.25) is 4.79 Å². The predicted octanol–water partition coefficient (Wildman–Crippen LogP) is 3.45. The molecule has 3 rings (SSSR count). The van der Waals surface area contributed by atoms with Gasteiger partial charge in [0, 0.05) is 19.3 Å². The first kappa shape index (κ1) is 21.6. The number of fused-ring (bicyclic) bond motifs is 1. The second kappa shape index (κ2) is 7.65. The molecular formula is C20H17F3N2O4S. The maximum absolute atomic E-state index is 13.1. The van der Waals surface area contributed by atoms with Gasteiger partial charge in [0.25, 0.3) is 5.91 Å². The number of nitriles is 1. The van der Waals surface area contributed by atoms with Crippen molar-refractivity contribution in [3.63, 3.8) is 0 Å². The molecule has 0 bridgehead atoms. The lowest BCUT2D eigenvalue weighted by Gasteiger charge is -2.22. The average Bonchev–Trinajstić information content (AvgIpc) is 3.10. The molecule has 1 aliphatic heterocycles. The van der Waals surface area contributed by atoms with Gasteiger partial charge in [-0.25, -0.2) is 8.42 Å². The molecule has 0 aromatic heterocycles. The van der Waals surface area contributed by atoms with Crippen molar-refractivity contribution in [3.8, 4) is 11.8 Å². The van der Waals surface area contributed by atoms with Crippen LogP contribution in [-0.4, -0.2) is 37.8 Å². The van der Waals surface area contributed by atoms with Crippen molar-refractivity contribution in [2.45, 2.75) is 37.2 Å². The first-order valence-corrected chi connectivity index (χ1v) is 10.7. The molecule has 2 aromatic rings. The summed E-state index contributed by atoms with van der Waals surface area (Å²) in [6.07, 6.45) is -5.93. The molecule has 1 amide bonds. The Balaban J connectivity index is 2.00. The van der Waals surface area contributed by atoms with E-state index in [-0.39, 0.29) is 29.3 Å². The lowest BCUT2D eigenvalue weighted by molar-refractivity contribution is -0.189. The SMILES string of the molecule is C[C@H](Oc1ccc(S(C)(=O)=O)cc1C(=O)N1Cc2cccc(C#N)c2C1)C(F)(F)F. The number of hydrogen-bond acceptors (Lipinski definition) is 5. The third kappa shape index (κ3) is 4.26. The number of hydrogen-bond donors (Lipinski definition) is 0. The smallest absolute Gasteiger partial charge is 0.425 e. The quantitative estimate of drug-likeness (QED) is 0.730. The molecule has 6 nitrogen and oxygen atoms in total. The summed E-state index contributed by atoms with van der Waals surface area (Å²) in [6.45, 7) is 1.01. The Hall–Kier alpha value is -3.06. The van der Waals surface area contributed by atoms with E-state index in [1.165, 1.54) is 4.90 Å². The van der Waals surface area contributed by atoms with Crippen molar-refractivity contribution >= 4 is 15.7 Å². The minimum absolute atomic E-state index is 0.0786. The molecule has 0 radical (unpaired) electrons. The minimum atomic E-state index is -4.67. The molecule has 0 fully saturated rings. The number of carbonyl (C=O) groups is 1. The van der Waals surface area contributed by atoms with Crippen LogP contribution in [0.5, 0.6) is 5.75 Å². The monoisotopic (exact) mass is 438 g/mol. The molecular weight excluding hydrogens is 421 g/mol. The van der Waals surface area contributed by atoms with Crippen LogP contribution in [0.2, 0.25) is 0 Å². The first-order valence-electron chi connectivity index (χ1n) is 8.79. The number of halogens is 3. The zero-order valence-corrected chi connectivity index (χ0v) is 16.8. The Morgan fingerprint density at radius 2 is 1.93 bits per heavy atom. The molecule has 0 aliphatic carbocycles.